The Labute approximate surface area is 86.4 Å². The highest BCUT2D eigenvalue weighted by atomic mass is 32.1. The summed E-state index contributed by atoms with van der Waals surface area (Å²) in [5, 5.41) is 16.5. The minimum Gasteiger partial charge on any atom is -0.383 e. The molecule has 0 fully saturated rings. The number of rotatable bonds is 2. The van der Waals surface area contributed by atoms with Gasteiger partial charge in [-0.25, -0.2) is 0 Å². The minimum absolute atomic E-state index is 0.557. The molecule has 0 aliphatic heterocycles. The fraction of sp³-hybridized carbons (Fsp3) is 0.300. The largest absolute Gasteiger partial charge is 0.383 e. The van der Waals surface area contributed by atoms with Gasteiger partial charge in [0.25, 0.3) is 0 Å². The minimum atomic E-state index is -0.557. The third-order valence-corrected chi connectivity index (χ3v) is 3.19. The fourth-order valence-corrected chi connectivity index (χ4v) is 2.47. The first-order chi connectivity index (χ1) is 6.68. The van der Waals surface area contributed by atoms with Gasteiger partial charge in [0.05, 0.1) is 6.20 Å². The van der Waals surface area contributed by atoms with E-state index in [1.165, 1.54) is 4.88 Å². The van der Waals surface area contributed by atoms with E-state index < -0.39 is 6.10 Å². The Morgan fingerprint density at radius 1 is 1.50 bits per heavy atom. The lowest BCUT2D eigenvalue weighted by molar-refractivity contribution is 0.220. The third-order valence-electron chi connectivity index (χ3n) is 2.21. The molecule has 3 nitrogen and oxygen atoms in total. The molecule has 2 aromatic heterocycles. The van der Waals surface area contributed by atoms with Crippen LogP contribution in [0.4, 0.5) is 0 Å². The van der Waals surface area contributed by atoms with Crippen LogP contribution in [0.15, 0.2) is 18.5 Å². The number of aryl methyl sites for hydroxylation is 2. The van der Waals surface area contributed by atoms with Gasteiger partial charge in [-0.15, -0.1) is 11.3 Å². The quantitative estimate of drug-likeness (QED) is 0.794. The number of hydrogen-bond acceptors (Lipinski definition) is 3. The number of aromatic nitrogens is 2. The zero-order chi connectivity index (χ0) is 10.1. The summed E-state index contributed by atoms with van der Waals surface area (Å²) in [7, 11) is 0. The normalized spacial score (nSPS) is 13.1. The van der Waals surface area contributed by atoms with Crippen LogP contribution in [-0.4, -0.2) is 15.3 Å². The van der Waals surface area contributed by atoms with Gasteiger partial charge < -0.3 is 5.11 Å². The lowest BCUT2D eigenvalue weighted by atomic mass is 10.1. The third kappa shape index (κ3) is 1.58. The average Bonchev–Trinajstić information content (AvgIpc) is 2.73. The van der Waals surface area contributed by atoms with Crippen LogP contribution in [0.5, 0.6) is 0 Å². The summed E-state index contributed by atoms with van der Waals surface area (Å²) in [4.78, 5) is 2.39. The van der Waals surface area contributed by atoms with Crippen LogP contribution < -0.4 is 0 Å². The van der Waals surface area contributed by atoms with Crippen molar-refractivity contribution in [3.05, 3.63) is 39.3 Å². The molecule has 2 heterocycles. The van der Waals surface area contributed by atoms with Crippen LogP contribution in [0.2, 0.25) is 0 Å². The van der Waals surface area contributed by atoms with Gasteiger partial charge in [-0.2, -0.15) is 5.10 Å². The van der Waals surface area contributed by atoms with E-state index in [1.807, 2.05) is 19.9 Å². The number of nitrogens with one attached hydrogen (secondary N) is 1. The molecule has 14 heavy (non-hydrogen) atoms. The fourth-order valence-electron chi connectivity index (χ4n) is 1.51. The molecule has 2 rings (SSSR count). The molecule has 0 aromatic carbocycles. The highest BCUT2D eigenvalue weighted by Crippen LogP contribution is 2.29. The molecular formula is C10H12N2OS. The number of thiophene rings is 1. The molecule has 0 aliphatic carbocycles. The summed E-state index contributed by atoms with van der Waals surface area (Å²) in [5.41, 5.74) is 1.79. The molecule has 74 valence electrons. The van der Waals surface area contributed by atoms with Crippen LogP contribution in [-0.2, 0) is 0 Å². The van der Waals surface area contributed by atoms with E-state index in [-0.39, 0.29) is 0 Å². The van der Waals surface area contributed by atoms with Gasteiger partial charge in [-0.1, -0.05) is 0 Å². The van der Waals surface area contributed by atoms with Crippen molar-refractivity contribution in [2.24, 2.45) is 0 Å². The summed E-state index contributed by atoms with van der Waals surface area (Å²) in [6.07, 6.45) is 2.81. The zero-order valence-electron chi connectivity index (χ0n) is 8.11. The molecule has 0 saturated carbocycles. The van der Waals surface area contributed by atoms with Crippen LogP contribution in [0.3, 0.4) is 0 Å². The molecule has 0 aliphatic rings. The highest BCUT2D eigenvalue weighted by molar-refractivity contribution is 7.12. The maximum absolute atomic E-state index is 10.0. The van der Waals surface area contributed by atoms with Crippen molar-refractivity contribution in [2.75, 3.05) is 0 Å². The zero-order valence-corrected chi connectivity index (χ0v) is 8.93. The van der Waals surface area contributed by atoms with Crippen molar-refractivity contribution < 1.29 is 5.11 Å². The van der Waals surface area contributed by atoms with Crippen LogP contribution >= 0.6 is 11.3 Å². The molecule has 0 radical (unpaired) electrons. The van der Waals surface area contributed by atoms with Gasteiger partial charge in [0.2, 0.25) is 0 Å². The summed E-state index contributed by atoms with van der Waals surface area (Å²) in [6, 6.07) is 2.03. The summed E-state index contributed by atoms with van der Waals surface area (Å²) in [6.45, 7) is 4.07. The van der Waals surface area contributed by atoms with E-state index in [2.05, 4.69) is 10.2 Å². The lowest BCUT2D eigenvalue weighted by Gasteiger charge is -2.06. The maximum Gasteiger partial charge on any atom is 0.108 e. The van der Waals surface area contributed by atoms with Gasteiger partial charge in [-0.05, 0) is 25.5 Å². The Morgan fingerprint density at radius 3 is 2.79 bits per heavy atom. The van der Waals surface area contributed by atoms with Crippen LogP contribution in [0, 0.1) is 13.8 Å². The van der Waals surface area contributed by atoms with Gasteiger partial charge in [0.15, 0.2) is 0 Å². The monoisotopic (exact) mass is 208 g/mol. The summed E-state index contributed by atoms with van der Waals surface area (Å²) < 4.78 is 0. The Balaban J connectivity index is 2.36. The summed E-state index contributed by atoms with van der Waals surface area (Å²) >= 11 is 1.70. The molecule has 2 N–H and O–H groups in total. The van der Waals surface area contributed by atoms with E-state index >= 15 is 0 Å². The number of aliphatic hydroxyl groups is 1. The smallest absolute Gasteiger partial charge is 0.108 e. The molecule has 1 unspecified atom stereocenters. The van der Waals surface area contributed by atoms with E-state index in [0.29, 0.717) is 0 Å². The topological polar surface area (TPSA) is 48.9 Å². The molecule has 0 spiro atoms. The Kier molecular flexibility index (Phi) is 2.39. The van der Waals surface area contributed by atoms with Crippen molar-refractivity contribution in [2.45, 2.75) is 20.0 Å². The SMILES string of the molecule is Cc1cc(C(O)c2cn[nH]c2)c(C)s1. The first kappa shape index (κ1) is 9.43. The standard InChI is InChI=1S/C10H12N2OS/c1-6-3-9(7(2)14-6)10(13)8-4-11-12-5-8/h3-5,10,13H,1-2H3,(H,11,12). The van der Waals surface area contributed by atoms with E-state index in [1.54, 1.807) is 23.7 Å². The Morgan fingerprint density at radius 2 is 2.29 bits per heavy atom. The second-order valence-electron chi connectivity index (χ2n) is 3.30. The predicted octanol–water partition coefficient (Wildman–Crippen LogP) is 2.17. The van der Waals surface area contributed by atoms with Gasteiger partial charge in [-0.3, -0.25) is 5.10 Å². The van der Waals surface area contributed by atoms with E-state index in [9.17, 15) is 5.11 Å². The van der Waals surface area contributed by atoms with Crippen molar-refractivity contribution in [1.29, 1.82) is 0 Å². The van der Waals surface area contributed by atoms with Gasteiger partial charge in [0.1, 0.15) is 6.10 Å². The molecule has 1 atom stereocenters. The van der Waals surface area contributed by atoms with Crippen molar-refractivity contribution in [3.63, 3.8) is 0 Å². The van der Waals surface area contributed by atoms with Crippen molar-refractivity contribution >= 4 is 11.3 Å². The highest BCUT2D eigenvalue weighted by Gasteiger charge is 2.15. The van der Waals surface area contributed by atoms with E-state index in [4.69, 9.17) is 0 Å². The Hall–Kier alpha value is -1.13. The average molecular weight is 208 g/mol. The van der Waals surface area contributed by atoms with Crippen molar-refractivity contribution in [3.8, 4) is 0 Å². The van der Waals surface area contributed by atoms with Gasteiger partial charge in [0, 0.05) is 21.5 Å². The first-order valence-corrected chi connectivity index (χ1v) is 5.24. The molecule has 0 bridgehead atoms. The number of nitrogens with zero attached hydrogens (tertiary/aromatic N) is 1. The number of hydrogen-bond donors (Lipinski definition) is 2. The molecular weight excluding hydrogens is 196 g/mol. The van der Waals surface area contributed by atoms with Crippen molar-refractivity contribution in [1.82, 2.24) is 10.2 Å². The van der Waals surface area contributed by atoms with E-state index in [0.717, 1.165) is 16.0 Å². The summed E-state index contributed by atoms with van der Waals surface area (Å²) in [5.74, 6) is 0. The molecule has 0 amide bonds. The second-order valence-corrected chi connectivity index (χ2v) is 4.76. The maximum atomic E-state index is 10.0. The number of H-pyrrole nitrogens is 1. The molecule has 4 heteroatoms. The Bertz CT molecular complexity index is 419. The molecule has 2 aromatic rings. The van der Waals surface area contributed by atoms with Crippen LogP contribution in [0.25, 0.3) is 0 Å². The lowest BCUT2D eigenvalue weighted by Crippen LogP contribution is -1.97. The second kappa shape index (κ2) is 3.55. The predicted molar refractivity (Wildman–Crippen MR) is 56.4 cm³/mol. The first-order valence-electron chi connectivity index (χ1n) is 4.42. The number of aromatic amines is 1. The molecule has 0 saturated heterocycles. The number of aliphatic hydroxyl groups excluding tert-OH is 1. The van der Waals surface area contributed by atoms with Crippen LogP contribution in [0.1, 0.15) is 27.0 Å². The van der Waals surface area contributed by atoms with Gasteiger partial charge >= 0.3 is 0 Å².